The highest BCUT2D eigenvalue weighted by Gasteiger charge is 2.01. The molecule has 0 saturated heterocycles. The Morgan fingerprint density at radius 3 is 3.00 bits per heavy atom. The molecule has 0 fully saturated rings. The van der Waals surface area contributed by atoms with Gasteiger partial charge >= 0.3 is 6.09 Å². The Kier molecular flexibility index (Phi) is 4.39. The Bertz CT molecular complexity index is 300. The number of carbonyl (C=O) groups is 1. The number of ether oxygens (including phenoxy) is 1. The number of carbonyl (C=O) groups excluding carboxylic acids is 1. The molecule has 0 unspecified atom stereocenters. The largest absolute Gasteiger partial charge is 0.449 e. The molecule has 14 heavy (non-hydrogen) atoms. The lowest BCUT2D eigenvalue weighted by atomic mass is 10.4. The third kappa shape index (κ3) is 3.74. The van der Waals surface area contributed by atoms with Gasteiger partial charge in [-0.05, 0) is 34.5 Å². The topological polar surface area (TPSA) is 51.2 Å². The van der Waals surface area contributed by atoms with E-state index in [0.29, 0.717) is 12.3 Å². The molecule has 0 aliphatic heterocycles. The Balaban J connectivity index is 2.44. The van der Waals surface area contributed by atoms with Crippen molar-refractivity contribution >= 4 is 27.7 Å². The summed E-state index contributed by atoms with van der Waals surface area (Å²) in [6.07, 6.45) is 1.92. The Hall–Kier alpha value is -1.10. The summed E-state index contributed by atoms with van der Waals surface area (Å²) in [6.45, 7) is 2.37. The van der Waals surface area contributed by atoms with Crippen LogP contribution in [0.1, 0.15) is 13.3 Å². The fourth-order valence-corrected chi connectivity index (χ4v) is 1.03. The van der Waals surface area contributed by atoms with Crippen LogP contribution in [0, 0.1) is 0 Å². The quantitative estimate of drug-likeness (QED) is 0.849. The molecule has 1 N–H and O–H groups in total. The SMILES string of the molecule is CCCOC(=O)Nc1ccc(Br)nc1. The standard InChI is InChI=1S/C9H11BrN2O2/c1-2-5-14-9(13)12-7-3-4-8(10)11-6-7/h3-4,6H,2,5H2,1H3,(H,12,13). The number of rotatable bonds is 3. The maximum atomic E-state index is 11.1. The first-order valence-electron chi connectivity index (χ1n) is 4.27. The lowest BCUT2D eigenvalue weighted by Gasteiger charge is -2.04. The minimum atomic E-state index is -0.448. The number of hydrogen-bond donors (Lipinski definition) is 1. The molecule has 1 aromatic rings. The first-order chi connectivity index (χ1) is 6.72. The molecule has 1 rings (SSSR count). The van der Waals surface area contributed by atoms with Crippen LogP contribution < -0.4 is 5.32 Å². The Morgan fingerprint density at radius 2 is 2.43 bits per heavy atom. The first kappa shape index (κ1) is 11.0. The van der Waals surface area contributed by atoms with Crippen LogP contribution in [0.25, 0.3) is 0 Å². The van der Waals surface area contributed by atoms with Gasteiger partial charge in [-0.15, -0.1) is 0 Å². The molecule has 0 bridgehead atoms. The monoisotopic (exact) mass is 258 g/mol. The number of hydrogen-bond acceptors (Lipinski definition) is 3. The van der Waals surface area contributed by atoms with Gasteiger partial charge in [0.1, 0.15) is 4.60 Å². The predicted molar refractivity (Wildman–Crippen MR) is 57.2 cm³/mol. The average molecular weight is 259 g/mol. The minimum absolute atomic E-state index is 0.426. The third-order valence-corrected chi connectivity index (χ3v) is 1.88. The van der Waals surface area contributed by atoms with Crippen LogP contribution in [0.2, 0.25) is 0 Å². The van der Waals surface area contributed by atoms with Crippen LogP contribution in [0.3, 0.4) is 0 Å². The van der Waals surface area contributed by atoms with Gasteiger partial charge in [-0.3, -0.25) is 5.32 Å². The summed E-state index contributed by atoms with van der Waals surface area (Å²) in [5.41, 5.74) is 0.620. The highest BCUT2D eigenvalue weighted by Crippen LogP contribution is 2.10. The van der Waals surface area contributed by atoms with Gasteiger partial charge in [0, 0.05) is 0 Å². The number of amides is 1. The Labute approximate surface area is 90.8 Å². The smallest absolute Gasteiger partial charge is 0.411 e. The van der Waals surface area contributed by atoms with Crippen molar-refractivity contribution in [3.05, 3.63) is 22.9 Å². The van der Waals surface area contributed by atoms with Crippen molar-refractivity contribution in [1.82, 2.24) is 4.98 Å². The molecule has 76 valence electrons. The molecule has 4 nitrogen and oxygen atoms in total. The number of pyridine rings is 1. The molecule has 1 amide bonds. The summed E-state index contributed by atoms with van der Waals surface area (Å²) >= 11 is 3.20. The zero-order chi connectivity index (χ0) is 10.4. The molecule has 0 radical (unpaired) electrons. The van der Waals surface area contributed by atoms with E-state index in [9.17, 15) is 4.79 Å². The van der Waals surface area contributed by atoms with Crippen LogP contribution >= 0.6 is 15.9 Å². The fraction of sp³-hybridized carbons (Fsp3) is 0.333. The zero-order valence-corrected chi connectivity index (χ0v) is 9.37. The summed E-state index contributed by atoms with van der Waals surface area (Å²) in [5.74, 6) is 0. The first-order valence-corrected chi connectivity index (χ1v) is 5.07. The molecule has 0 saturated carbocycles. The van der Waals surface area contributed by atoms with Crippen molar-refractivity contribution in [3.63, 3.8) is 0 Å². The average Bonchev–Trinajstić information content (AvgIpc) is 2.18. The highest BCUT2D eigenvalue weighted by molar-refractivity contribution is 9.10. The number of nitrogens with one attached hydrogen (secondary N) is 1. The van der Waals surface area contributed by atoms with E-state index in [2.05, 4.69) is 26.2 Å². The van der Waals surface area contributed by atoms with Gasteiger partial charge in [0.25, 0.3) is 0 Å². The molecular weight excluding hydrogens is 248 g/mol. The van der Waals surface area contributed by atoms with Crippen LogP contribution in [-0.2, 0) is 4.74 Å². The van der Waals surface area contributed by atoms with Crippen molar-refractivity contribution in [1.29, 1.82) is 0 Å². The molecule has 5 heteroatoms. The summed E-state index contributed by atoms with van der Waals surface area (Å²) in [4.78, 5) is 15.0. The van der Waals surface area contributed by atoms with Gasteiger partial charge in [0.2, 0.25) is 0 Å². The van der Waals surface area contributed by atoms with Gasteiger partial charge in [0.15, 0.2) is 0 Å². The maximum Gasteiger partial charge on any atom is 0.411 e. The highest BCUT2D eigenvalue weighted by atomic mass is 79.9. The molecule has 0 aliphatic rings. The summed E-state index contributed by atoms with van der Waals surface area (Å²) < 4.78 is 5.56. The van der Waals surface area contributed by atoms with Crippen molar-refractivity contribution in [2.45, 2.75) is 13.3 Å². The van der Waals surface area contributed by atoms with Crippen LogP contribution in [-0.4, -0.2) is 17.7 Å². The second kappa shape index (κ2) is 5.59. The van der Waals surface area contributed by atoms with E-state index in [1.807, 2.05) is 6.92 Å². The van der Waals surface area contributed by atoms with Crippen molar-refractivity contribution < 1.29 is 9.53 Å². The van der Waals surface area contributed by atoms with Gasteiger partial charge in [0.05, 0.1) is 18.5 Å². The van der Waals surface area contributed by atoms with Crippen molar-refractivity contribution in [2.24, 2.45) is 0 Å². The maximum absolute atomic E-state index is 11.1. The lowest BCUT2D eigenvalue weighted by Crippen LogP contribution is -2.14. The van der Waals surface area contributed by atoms with E-state index < -0.39 is 6.09 Å². The second-order valence-corrected chi connectivity index (χ2v) is 3.44. The van der Waals surface area contributed by atoms with Gasteiger partial charge in [-0.1, -0.05) is 6.92 Å². The summed E-state index contributed by atoms with van der Waals surface area (Å²) in [5, 5.41) is 2.56. The van der Waals surface area contributed by atoms with Crippen LogP contribution in [0.4, 0.5) is 10.5 Å². The van der Waals surface area contributed by atoms with E-state index in [1.165, 1.54) is 0 Å². The normalized spacial score (nSPS) is 9.57. The van der Waals surface area contributed by atoms with Crippen molar-refractivity contribution in [3.8, 4) is 0 Å². The third-order valence-electron chi connectivity index (χ3n) is 1.41. The van der Waals surface area contributed by atoms with Gasteiger partial charge in [-0.2, -0.15) is 0 Å². The van der Waals surface area contributed by atoms with Gasteiger partial charge in [-0.25, -0.2) is 9.78 Å². The molecule has 0 atom stereocenters. The second-order valence-electron chi connectivity index (χ2n) is 2.63. The van der Waals surface area contributed by atoms with E-state index in [1.54, 1.807) is 18.3 Å². The molecule has 0 aromatic carbocycles. The van der Waals surface area contributed by atoms with Crippen LogP contribution in [0.5, 0.6) is 0 Å². The molecule has 1 heterocycles. The minimum Gasteiger partial charge on any atom is -0.449 e. The molecular formula is C9H11BrN2O2. The predicted octanol–water partition coefficient (Wildman–Crippen LogP) is 2.80. The number of nitrogens with zero attached hydrogens (tertiary/aromatic N) is 1. The summed E-state index contributed by atoms with van der Waals surface area (Å²) in [6, 6.07) is 3.49. The fourth-order valence-electron chi connectivity index (χ4n) is 0.798. The Morgan fingerprint density at radius 1 is 1.64 bits per heavy atom. The lowest BCUT2D eigenvalue weighted by molar-refractivity contribution is 0.161. The molecule has 1 aromatic heterocycles. The van der Waals surface area contributed by atoms with E-state index in [4.69, 9.17) is 4.74 Å². The zero-order valence-electron chi connectivity index (χ0n) is 7.79. The van der Waals surface area contributed by atoms with E-state index in [-0.39, 0.29) is 0 Å². The van der Waals surface area contributed by atoms with Gasteiger partial charge < -0.3 is 4.74 Å². The number of aromatic nitrogens is 1. The number of anilines is 1. The number of halogens is 1. The summed E-state index contributed by atoms with van der Waals surface area (Å²) in [7, 11) is 0. The van der Waals surface area contributed by atoms with E-state index >= 15 is 0 Å². The van der Waals surface area contributed by atoms with Crippen LogP contribution in [0.15, 0.2) is 22.9 Å². The van der Waals surface area contributed by atoms with Crippen molar-refractivity contribution in [2.75, 3.05) is 11.9 Å². The molecule has 0 aliphatic carbocycles. The van der Waals surface area contributed by atoms with E-state index in [0.717, 1.165) is 11.0 Å². The molecule has 0 spiro atoms.